The molecular formula is C27H50N4O4. The van der Waals surface area contributed by atoms with Crippen LogP contribution in [0.3, 0.4) is 0 Å². The zero-order valence-electron chi connectivity index (χ0n) is 23.1. The molecule has 2 aliphatic heterocycles. The number of hydrogen-bond donors (Lipinski definition) is 3. The standard InChI is InChI=1S/C12H18N2O.C11H20N2O3.2C2H6/c1-2-5-11(6-3-1)10-15-14-12-7-4-8-13-9-12;1-11(2,3)16-10(15)13-6-4-9(5-7-13)12-8-14;2*1-2/h1-3,5-6,12-14H,4,7-10H2;8-9H,4-7H2,1-3H3,(H,12,14);2*1-2H3. The number of carbonyl (C=O) groups is 2. The monoisotopic (exact) mass is 494 g/mol. The summed E-state index contributed by atoms with van der Waals surface area (Å²) in [4.78, 5) is 29.1. The lowest BCUT2D eigenvalue weighted by Crippen LogP contribution is -2.46. The van der Waals surface area contributed by atoms with Gasteiger partial charge in [0.1, 0.15) is 5.60 Å². The number of benzene rings is 1. The Morgan fingerprint density at radius 2 is 1.69 bits per heavy atom. The number of hydrogen-bond acceptors (Lipinski definition) is 6. The highest BCUT2D eigenvalue weighted by Crippen LogP contribution is 2.15. The van der Waals surface area contributed by atoms with E-state index in [0.717, 1.165) is 25.9 Å². The van der Waals surface area contributed by atoms with Gasteiger partial charge in [-0.05, 0) is 58.6 Å². The van der Waals surface area contributed by atoms with Gasteiger partial charge in [0.15, 0.2) is 0 Å². The van der Waals surface area contributed by atoms with Crippen molar-refractivity contribution in [1.82, 2.24) is 21.0 Å². The summed E-state index contributed by atoms with van der Waals surface area (Å²) in [6.07, 6.45) is 4.45. The fourth-order valence-corrected chi connectivity index (χ4v) is 3.42. The molecule has 1 aromatic carbocycles. The predicted molar refractivity (Wildman–Crippen MR) is 143 cm³/mol. The second-order valence-electron chi connectivity index (χ2n) is 8.96. The summed E-state index contributed by atoms with van der Waals surface area (Å²) in [7, 11) is 0. The highest BCUT2D eigenvalue weighted by atomic mass is 16.6. The summed E-state index contributed by atoms with van der Waals surface area (Å²) in [6, 6.07) is 10.9. The molecule has 0 saturated carbocycles. The van der Waals surface area contributed by atoms with Crippen LogP contribution in [0.4, 0.5) is 4.79 Å². The van der Waals surface area contributed by atoms with Crippen molar-refractivity contribution >= 4 is 12.5 Å². The smallest absolute Gasteiger partial charge is 0.410 e. The number of likely N-dealkylation sites (tertiary alicyclic amines) is 1. The van der Waals surface area contributed by atoms with E-state index in [9.17, 15) is 9.59 Å². The van der Waals surface area contributed by atoms with Crippen LogP contribution in [-0.2, 0) is 21.0 Å². The Balaban J connectivity index is 0.000000579. The van der Waals surface area contributed by atoms with E-state index in [0.29, 0.717) is 32.1 Å². The molecule has 1 atom stereocenters. The first kappa shape index (κ1) is 32.8. The molecule has 2 amide bonds. The predicted octanol–water partition coefficient (Wildman–Crippen LogP) is 4.64. The number of nitrogens with zero attached hydrogens (tertiary/aromatic N) is 1. The van der Waals surface area contributed by atoms with Gasteiger partial charge in [-0.15, -0.1) is 0 Å². The van der Waals surface area contributed by atoms with Gasteiger partial charge in [0.2, 0.25) is 6.41 Å². The molecule has 0 radical (unpaired) electrons. The molecule has 2 aliphatic rings. The maximum absolute atomic E-state index is 11.7. The van der Waals surface area contributed by atoms with Crippen LogP contribution in [0.1, 0.15) is 79.7 Å². The van der Waals surface area contributed by atoms with Crippen molar-refractivity contribution < 1.29 is 19.2 Å². The molecule has 0 aromatic heterocycles. The molecule has 1 aromatic rings. The second-order valence-corrected chi connectivity index (χ2v) is 8.96. The molecule has 3 rings (SSSR count). The topological polar surface area (TPSA) is 91.9 Å². The van der Waals surface area contributed by atoms with Crippen LogP contribution in [0, 0.1) is 0 Å². The van der Waals surface area contributed by atoms with Gasteiger partial charge in [-0.25, -0.2) is 4.79 Å². The van der Waals surface area contributed by atoms with E-state index in [4.69, 9.17) is 9.57 Å². The molecule has 0 bridgehead atoms. The highest BCUT2D eigenvalue weighted by molar-refractivity contribution is 5.68. The van der Waals surface area contributed by atoms with Crippen LogP contribution in [0.15, 0.2) is 30.3 Å². The van der Waals surface area contributed by atoms with E-state index in [2.05, 4.69) is 28.2 Å². The molecule has 8 heteroatoms. The third-order valence-electron chi connectivity index (χ3n) is 5.08. The summed E-state index contributed by atoms with van der Waals surface area (Å²) in [5.74, 6) is 0. The molecule has 202 valence electrons. The van der Waals surface area contributed by atoms with Gasteiger partial charge in [0.25, 0.3) is 0 Å². The van der Waals surface area contributed by atoms with Crippen LogP contribution >= 0.6 is 0 Å². The molecule has 8 nitrogen and oxygen atoms in total. The third-order valence-corrected chi connectivity index (χ3v) is 5.08. The SMILES string of the molecule is CC.CC.CC(C)(C)OC(=O)N1CCC(NC=O)CC1.c1ccc(CONC2CCCNC2)cc1. The van der Waals surface area contributed by atoms with Crippen molar-refractivity contribution in [2.24, 2.45) is 0 Å². The molecular weight excluding hydrogens is 444 g/mol. The van der Waals surface area contributed by atoms with E-state index in [1.807, 2.05) is 66.7 Å². The fraction of sp³-hybridized carbons (Fsp3) is 0.704. The van der Waals surface area contributed by atoms with E-state index < -0.39 is 5.60 Å². The van der Waals surface area contributed by atoms with E-state index >= 15 is 0 Å². The molecule has 3 N–H and O–H groups in total. The van der Waals surface area contributed by atoms with Crippen LogP contribution in [0.25, 0.3) is 0 Å². The molecule has 0 spiro atoms. The highest BCUT2D eigenvalue weighted by Gasteiger charge is 2.26. The largest absolute Gasteiger partial charge is 0.444 e. The summed E-state index contributed by atoms with van der Waals surface area (Å²) in [5, 5.41) is 6.07. The van der Waals surface area contributed by atoms with Gasteiger partial charge >= 0.3 is 6.09 Å². The van der Waals surface area contributed by atoms with Gasteiger partial charge < -0.3 is 20.3 Å². The number of amides is 2. The zero-order valence-corrected chi connectivity index (χ0v) is 23.1. The average molecular weight is 495 g/mol. The van der Waals surface area contributed by atoms with Crippen molar-refractivity contribution in [3.8, 4) is 0 Å². The first-order valence-corrected chi connectivity index (χ1v) is 13.2. The molecule has 1 unspecified atom stereocenters. The van der Waals surface area contributed by atoms with Gasteiger partial charge in [0, 0.05) is 31.7 Å². The average Bonchev–Trinajstić information content (AvgIpc) is 2.88. The molecule has 2 heterocycles. The van der Waals surface area contributed by atoms with Gasteiger partial charge in [-0.1, -0.05) is 58.0 Å². The number of rotatable bonds is 6. The molecule has 2 saturated heterocycles. The van der Waals surface area contributed by atoms with Crippen molar-refractivity contribution in [3.63, 3.8) is 0 Å². The Labute approximate surface area is 213 Å². The number of hydroxylamine groups is 1. The van der Waals surface area contributed by atoms with E-state index in [-0.39, 0.29) is 12.1 Å². The molecule has 2 fully saturated rings. The van der Waals surface area contributed by atoms with E-state index in [1.165, 1.54) is 18.4 Å². The van der Waals surface area contributed by atoms with Gasteiger partial charge in [0.05, 0.1) is 6.61 Å². The minimum Gasteiger partial charge on any atom is -0.444 e. The summed E-state index contributed by atoms with van der Waals surface area (Å²) >= 11 is 0. The summed E-state index contributed by atoms with van der Waals surface area (Å²) < 4.78 is 5.27. The van der Waals surface area contributed by atoms with Crippen LogP contribution < -0.4 is 16.1 Å². The normalized spacial score (nSPS) is 17.8. The van der Waals surface area contributed by atoms with Crippen molar-refractivity contribution in [2.75, 3.05) is 26.2 Å². The number of carbonyl (C=O) groups excluding carboxylic acids is 2. The number of piperidine rings is 2. The second kappa shape index (κ2) is 20.1. The Hall–Kier alpha value is -2.16. The van der Waals surface area contributed by atoms with Crippen LogP contribution in [0.5, 0.6) is 0 Å². The number of ether oxygens (including phenoxy) is 1. The van der Waals surface area contributed by atoms with E-state index in [1.54, 1.807) is 4.90 Å². The molecule has 0 aliphatic carbocycles. The van der Waals surface area contributed by atoms with Crippen molar-refractivity contribution in [3.05, 3.63) is 35.9 Å². The molecule has 35 heavy (non-hydrogen) atoms. The minimum atomic E-state index is -0.449. The minimum absolute atomic E-state index is 0.191. The van der Waals surface area contributed by atoms with Gasteiger partial charge in [-0.3, -0.25) is 9.63 Å². The lowest BCUT2D eigenvalue weighted by atomic mass is 10.1. The van der Waals surface area contributed by atoms with Crippen molar-refractivity contribution in [1.29, 1.82) is 0 Å². The Morgan fingerprint density at radius 3 is 2.20 bits per heavy atom. The van der Waals surface area contributed by atoms with Gasteiger partial charge in [-0.2, -0.15) is 5.48 Å². The van der Waals surface area contributed by atoms with Crippen molar-refractivity contribution in [2.45, 2.75) is 98.4 Å². The number of nitrogens with one attached hydrogen (secondary N) is 3. The zero-order chi connectivity index (χ0) is 26.5. The first-order chi connectivity index (χ1) is 16.9. The Kier molecular flexibility index (Phi) is 18.8. The maximum atomic E-state index is 11.7. The maximum Gasteiger partial charge on any atom is 0.410 e. The lowest BCUT2D eigenvalue weighted by Gasteiger charge is -2.33. The summed E-state index contributed by atoms with van der Waals surface area (Å²) in [6.45, 7) is 17.6. The fourth-order valence-electron chi connectivity index (χ4n) is 3.42. The Bertz CT molecular complexity index is 638. The third kappa shape index (κ3) is 16.2. The first-order valence-electron chi connectivity index (χ1n) is 13.2. The summed E-state index contributed by atoms with van der Waals surface area (Å²) in [5.41, 5.74) is 3.86. The lowest BCUT2D eigenvalue weighted by molar-refractivity contribution is -0.110. The van der Waals surface area contributed by atoms with Crippen LogP contribution in [0.2, 0.25) is 0 Å². The quantitative estimate of drug-likeness (QED) is 0.394. The Morgan fingerprint density at radius 1 is 1.06 bits per heavy atom. The van der Waals surface area contributed by atoms with Crippen LogP contribution in [-0.4, -0.2) is 61.3 Å².